The minimum absolute atomic E-state index is 0.115. The molecule has 0 aliphatic carbocycles. The Kier molecular flexibility index (Phi) is 7.16. The molecule has 31 heavy (non-hydrogen) atoms. The van der Waals surface area contributed by atoms with Crippen molar-refractivity contribution in [1.29, 1.82) is 0 Å². The Morgan fingerprint density at radius 1 is 0.968 bits per heavy atom. The van der Waals surface area contributed by atoms with Crippen molar-refractivity contribution in [3.63, 3.8) is 0 Å². The lowest BCUT2D eigenvalue weighted by Crippen LogP contribution is -2.30. The first kappa shape index (κ1) is 22.6. The van der Waals surface area contributed by atoms with Gasteiger partial charge in [0.25, 0.3) is 11.7 Å². The van der Waals surface area contributed by atoms with Gasteiger partial charge in [-0.25, -0.2) is 0 Å². The summed E-state index contributed by atoms with van der Waals surface area (Å²) in [7, 11) is 3.93. The number of ketones is 1. The summed E-state index contributed by atoms with van der Waals surface area (Å²) < 4.78 is 0. The topological polar surface area (TPSA) is 60.9 Å². The second-order valence-electron chi connectivity index (χ2n) is 8.41. The molecule has 1 amide bonds. The molecular formula is C26H32N2O3. The van der Waals surface area contributed by atoms with Crippen LogP contribution in [-0.4, -0.2) is 42.3 Å². The number of rotatable bonds is 8. The van der Waals surface area contributed by atoms with Crippen LogP contribution in [0, 0.1) is 6.92 Å². The minimum Gasteiger partial charge on any atom is -0.507 e. The third-order valence-electron chi connectivity index (χ3n) is 5.84. The number of benzene rings is 2. The number of aryl methyl sites for hydroxylation is 1. The van der Waals surface area contributed by atoms with Crippen LogP contribution in [-0.2, 0) is 9.59 Å². The van der Waals surface area contributed by atoms with Gasteiger partial charge < -0.3 is 14.9 Å². The number of aliphatic hydroxyl groups excluding tert-OH is 1. The number of carbonyl (C=O) groups excluding carboxylic acids is 2. The molecule has 0 bridgehead atoms. The molecule has 1 saturated heterocycles. The van der Waals surface area contributed by atoms with Gasteiger partial charge >= 0.3 is 0 Å². The number of carbonyl (C=O) groups is 2. The number of amides is 1. The Morgan fingerprint density at radius 2 is 1.61 bits per heavy atom. The van der Waals surface area contributed by atoms with Crippen LogP contribution in [0.2, 0.25) is 0 Å². The molecule has 5 nitrogen and oxygen atoms in total. The van der Waals surface area contributed by atoms with Crippen molar-refractivity contribution in [3.05, 3.63) is 70.8 Å². The maximum atomic E-state index is 13.0. The van der Waals surface area contributed by atoms with E-state index in [1.807, 2.05) is 62.3 Å². The van der Waals surface area contributed by atoms with E-state index < -0.39 is 17.7 Å². The third-order valence-corrected chi connectivity index (χ3v) is 5.84. The number of nitrogens with zero attached hydrogens (tertiary/aromatic N) is 2. The van der Waals surface area contributed by atoms with Gasteiger partial charge in [0.2, 0.25) is 0 Å². The molecule has 0 radical (unpaired) electrons. The molecule has 1 fully saturated rings. The molecule has 3 rings (SSSR count). The van der Waals surface area contributed by atoms with Gasteiger partial charge in [0, 0.05) is 31.9 Å². The fraction of sp³-hybridized carbons (Fsp3) is 0.385. The highest BCUT2D eigenvalue weighted by molar-refractivity contribution is 6.46. The number of anilines is 1. The van der Waals surface area contributed by atoms with Crippen LogP contribution in [0.1, 0.15) is 55.3 Å². The Balaban J connectivity index is 2.06. The van der Waals surface area contributed by atoms with Crippen molar-refractivity contribution in [2.75, 3.05) is 25.5 Å². The zero-order valence-corrected chi connectivity index (χ0v) is 18.9. The molecule has 0 spiro atoms. The number of Topliss-reactive ketones (excluding diaryl/α,β-unsaturated/α-hetero) is 1. The summed E-state index contributed by atoms with van der Waals surface area (Å²) in [6, 6.07) is 14.6. The first-order chi connectivity index (χ1) is 14.8. The summed E-state index contributed by atoms with van der Waals surface area (Å²) >= 11 is 0. The van der Waals surface area contributed by atoms with Gasteiger partial charge in [0.05, 0.1) is 11.6 Å². The number of likely N-dealkylation sites (tertiary alicyclic amines) is 1. The van der Waals surface area contributed by atoms with Crippen LogP contribution < -0.4 is 4.90 Å². The Labute approximate surface area is 185 Å². The molecular weight excluding hydrogens is 388 g/mol. The molecule has 2 aromatic carbocycles. The van der Waals surface area contributed by atoms with Gasteiger partial charge in [-0.05, 0) is 31.0 Å². The Hall–Kier alpha value is -3.08. The fourth-order valence-corrected chi connectivity index (χ4v) is 3.99. The predicted molar refractivity (Wildman–Crippen MR) is 125 cm³/mol. The first-order valence-corrected chi connectivity index (χ1v) is 11.0. The number of unbranched alkanes of at least 4 members (excludes halogenated alkanes) is 3. The van der Waals surface area contributed by atoms with Crippen LogP contribution >= 0.6 is 0 Å². The molecule has 1 aliphatic rings. The lowest BCUT2D eigenvalue weighted by molar-refractivity contribution is -0.139. The van der Waals surface area contributed by atoms with Crippen molar-refractivity contribution in [2.24, 2.45) is 0 Å². The Bertz CT molecular complexity index is 959. The van der Waals surface area contributed by atoms with Crippen molar-refractivity contribution < 1.29 is 14.7 Å². The molecule has 5 heteroatoms. The lowest BCUT2D eigenvalue weighted by atomic mass is 9.94. The van der Waals surface area contributed by atoms with Crippen LogP contribution in [0.5, 0.6) is 0 Å². The van der Waals surface area contributed by atoms with Gasteiger partial charge in [-0.15, -0.1) is 0 Å². The van der Waals surface area contributed by atoms with Crippen LogP contribution in [0.3, 0.4) is 0 Å². The third kappa shape index (κ3) is 4.82. The van der Waals surface area contributed by atoms with E-state index in [0.29, 0.717) is 12.1 Å². The van der Waals surface area contributed by atoms with Gasteiger partial charge in [-0.2, -0.15) is 0 Å². The van der Waals surface area contributed by atoms with Crippen molar-refractivity contribution in [2.45, 2.75) is 45.6 Å². The van der Waals surface area contributed by atoms with Crippen molar-refractivity contribution >= 4 is 23.1 Å². The summed E-state index contributed by atoms with van der Waals surface area (Å²) in [5.74, 6) is -1.27. The number of hydrogen-bond donors (Lipinski definition) is 1. The molecule has 1 N–H and O–H groups in total. The molecule has 1 unspecified atom stereocenters. The van der Waals surface area contributed by atoms with E-state index in [0.717, 1.165) is 42.5 Å². The normalized spacial score (nSPS) is 17.9. The smallest absolute Gasteiger partial charge is 0.295 e. The van der Waals surface area contributed by atoms with Crippen LogP contribution in [0.4, 0.5) is 5.69 Å². The van der Waals surface area contributed by atoms with Crippen LogP contribution in [0.15, 0.2) is 54.1 Å². The monoisotopic (exact) mass is 420 g/mol. The maximum absolute atomic E-state index is 13.0. The standard InChI is InChI=1S/C26H32N2O3/c1-5-6-7-8-17-28-23(19-13-15-21(16-14-19)27(3)4)22(25(30)26(28)31)24(29)20-11-9-18(2)10-12-20/h9-16,23,29H,5-8,17H2,1-4H3. The average molecular weight is 421 g/mol. The van der Waals surface area contributed by atoms with Crippen LogP contribution in [0.25, 0.3) is 5.76 Å². The van der Waals surface area contributed by atoms with Gasteiger partial charge in [0.1, 0.15) is 5.76 Å². The lowest BCUT2D eigenvalue weighted by Gasteiger charge is -2.26. The molecule has 164 valence electrons. The van der Waals surface area contributed by atoms with E-state index in [2.05, 4.69) is 6.92 Å². The highest BCUT2D eigenvalue weighted by Gasteiger charge is 2.45. The highest BCUT2D eigenvalue weighted by Crippen LogP contribution is 2.40. The van der Waals surface area contributed by atoms with E-state index in [9.17, 15) is 14.7 Å². The molecule has 0 saturated carbocycles. The van der Waals surface area contributed by atoms with Crippen molar-refractivity contribution in [1.82, 2.24) is 4.90 Å². The van der Waals surface area contributed by atoms with Gasteiger partial charge in [0.15, 0.2) is 0 Å². The summed E-state index contributed by atoms with van der Waals surface area (Å²) in [6.45, 7) is 4.60. The second kappa shape index (κ2) is 9.82. The summed E-state index contributed by atoms with van der Waals surface area (Å²) in [5.41, 5.74) is 3.63. The largest absolute Gasteiger partial charge is 0.507 e. The van der Waals surface area contributed by atoms with Crippen molar-refractivity contribution in [3.8, 4) is 0 Å². The predicted octanol–water partition coefficient (Wildman–Crippen LogP) is 5.06. The second-order valence-corrected chi connectivity index (χ2v) is 8.41. The number of hydrogen-bond acceptors (Lipinski definition) is 4. The zero-order chi connectivity index (χ0) is 22.5. The quantitative estimate of drug-likeness (QED) is 0.281. The SMILES string of the molecule is CCCCCCN1C(=O)C(=O)C(=C(O)c2ccc(C)cc2)C1c1ccc(N(C)C)cc1. The van der Waals surface area contributed by atoms with Gasteiger partial charge in [-0.1, -0.05) is 68.1 Å². The molecule has 1 atom stereocenters. The fourth-order valence-electron chi connectivity index (χ4n) is 3.99. The minimum atomic E-state index is -0.616. The molecule has 1 heterocycles. The van der Waals surface area contributed by atoms with E-state index in [-0.39, 0.29) is 11.3 Å². The zero-order valence-electron chi connectivity index (χ0n) is 18.9. The first-order valence-electron chi connectivity index (χ1n) is 11.0. The summed E-state index contributed by atoms with van der Waals surface area (Å²) in [5, 5.41) is 11.1. The molecule has 1 aliphatic heterocycles. The highest BCUT2D eigenvalue weighted by atomic mass is 16.3. The van der Waals surface area contributed by atoms with E-state index in [1.165, 1.54) is 0 Å². The summed E-state index contributed by atoms with van der Waals surface area (Å²) in [6.07, 6.45) is 4.03. The molecule has 0 aromatic heterocycles. The number of aliphatic hydroxyl groups is 1. The summed E-state index contributed by atoms with van der Waals surface area (Å²) in [4.78, 5) is 29.6. The van der Waals surface area contributed by atoms with E-state index in [4.69, 9.17) is 0 Å². The maximum Gasteiger partial charge on any atom is 0.295 e. The van der Waals surface area contributed by atoms with Gasteiger partial charge in [-0.3, -0.25) is 9.59 Å². The van der Waals surface area contributed by atoms with E-state index in [1.54, 1.807) is 17.0 Å². The average Bonchev–Trinajstić information content (AvgIpc) is 3.01. The Morgan fingerprint density at radius 3 is 2.19 bits per heavy atom. The molecule has 2 aromatic rings. The van der Waals surface area contributed by atoms with E-state index >= 15 is 0 Å².